The van der Waals surface area contributed by atoms with E-state index >= 15 is 0 Å². The summed E-state index contributed by atoms with van der Waals surface area (Å²) in [6.07, 6.45) is 2.85. The zero-order valence-electron chi connectivity index (χ0n) is 6.36. The fourth-order valence-electron chi connectivity index (χ4n) is 1.55. The molecule has 0 spiro atoms. The van der Waals surface area contributed by atoms with Gasteiger partial charge in [-0.1, -0.05) is 0 Å². The van der Waals surface area contributed by atoms with Gasteiger partial charge < -0.3 is 4.89 Å². The Kier molecular flexibility index (Phi) is 3.94. The Labute approximate surface area is 67.8 Å². The lowest BCUT2D eigenvalue weighted by Gasteiger charge is -2.39. The second-order valence-corrected chi connectivity index (χ2v) is 3.04. The minimum atomic E-state index is -0.833. The van der Waals surface area contributed by atoms with Crippen LogP contribution in [0, 0.1) is 5.92 Å². The van der Waals surface area contributed by atoms with Gasteiger partial charge in [0.2, 0.25) is 0 Å². The summed E-state index contributed by atoms with van der Waals surface area (Å²) in [6.45, 7) is 3.80. The van der Waals surface area contributed by atoms with Crippen molar-refractivity contribution in [3.05, 3.63) is 0 Å². The molecule has 0 unspecified atom stereocenters. The maximum atomic E-state index is 8.46. The van der Waals surface area contributed by atoms with E-state index in [0.29, 0.717) is 0 Å². The minimum Gasteiger partial charge on any atom is -0.310 e. The van der Waals surface area contributed by atoms with E-state index in [1.54, 1.807) is 0 Å². The van der Waals surface area contributed by atoms with E-state index < -0.39 is 8.69 Å². The zero-order valence-corrected chi connectivity index (χ0v) is 7.26. The number of nitrogens with one attached hydrogen (secondary N) is 1. The summed E-state index contributed by atoms with van der Waals surface area (Å²) in [5.74, 6) is 1.000. The summed E-state index contributed by atoms with van der Waals surface area (Å²) >= 11 is 0. The third-order valence-corrected chi connectivity index (χ3v) is 2.22. The minimum absolute atomic E-state index is 0.833. The van der Waals surface area contributed by atoms with Crippen molar-refractivity contribution in [3.63, 3.8) is 0 Å². The Hall–Kier alpha value is -0.0200. The number of nitrogens with zero attached hydrogens (tertiary/aromatic N) is 1. The third kappa shape index (κ3) is 2.83. The highest BCUT2D eigenvalue weighted by Gasteiger charge is 2.24. The van der Waals surface area contributed by atoms with E-state index in [2.05, 4.69) is 10.4 Å². The molecule has 0 amide bonds. The van der Waals surface area contributed by atoms with Crippen molar-refractivity contribution < 1.29 is 9.46 Å². The molecule has 0 aromatic carbocycles. The molecule has 64 valence electrons. The number of piperidine rings is 1. The summed E-state index contributed by atoms with van der Waals surface area (Å²) in [6, 6.07) is 0. The van der Waals surface area contributed by atoms with Crippen molar-refractivity contribution in [2.45, 2.75) is 12.8 Å². The standard InChI is InChI=1S/C6H12N2.HO2P/c1-3-8-4-2-6(1)5-7-8;1-3-2/h6-7H,1-5H2;(H,1,2). The van der Waals surface area contributed by atoms with Crippen molar-refractivity contribution in [1.29, 1.82) is 0 Å². The van der Waals surface area contributed by atoms with Crippen molar-refractivity contribution in [1.82, 2.24) is 10.4 Å². The summed E-state index contributed by atoms with van der Waals surface area (Å²) in [7, 11) is -0.833. The summed E-state index contributed by atoms with van der Waals surface area (Å²) in [4.78, 5) is 6.99. The number of hydrazine groups is 1. The van der Waals surface area contributed by atoms with Gasteiger partial charge in [0.25, 0.3) is 0 Å². The Balaban J connectivity index is 0.000000179. The van der Waals surface area contributed by atoms with Gasteiger partial charge in [-0.05, 0) is 18.8 Å². The molecule has 3 fully saturated rings. The Morgan fingerprint density at radius 2 is 2.00 bits per heavy atom. The normalized spacial score (nSPS) is 34.6. The van der Waals surface area contributed by atoms with Gasteiger partial charge in [-0.2, -0.15) is 0 Å². The van der Waals surface area contributed by atoms with E-state index in [4.69, 9.17) is 9.46 Å². The molecule has 0 radical (unpaired) electrons. The second kappa shape index (κ2) is 4.78. The lowest BCUT2D eigenvalue weighted by Crippen LogP contribution is -2.52. The maximum absolute atomic E-state index is 8.46. The topological polar surface area (TPSA) is 52.6 Å². The molecule has 3 aliphatic heterocycles. The van der Waals surface area contributed by atoms with Crippen LogP contribution in [0.25, 0.3) is 0 Å². The summed E-state index contributed by atoms with van der Waals surface area (Å²) < 4.78 is 8.46. The lowest BCUT2D eigenvalue weighted by molar-refractivity contribution is 0.0572. The van der Waals surface area contributed by atoms with Gasteiger partial charge in [0.15, 0.2) is 0 Å². The van der Waals surface area contributed by atoms with Gasteiger partial charge >= 0.3 is 8.69 Å². The molecule has 4 nitrogen and oxygen atoms in total. The molecule has 0 aromatic heterocycles. The molecule has 0 atom stereocenters. The SMILES string of the molecule is C1CN2CCC1CN2.O=PO. The van der Waals surface area contributed by atoms with Crippen LogP contribution in [0.2, 0.25) is 0 Å². The average Bonchev–Trinajstić information content (AvgIpc) is 2.09. The van der Waals surface area contributed by atoms with E-state index in [1.807, 2.05) is 0 Å². The highest BCUT2D eigenvalue weighted by molar-refractivity contribution is 7.16. The van der Waals surface area contributed by atoms with Crippen LogP contribution in [0.1, 0.15) is 12.8 Å². The van der Waals surface area contributed by atoms with Crippen LogP contribution in [0.5, 0.6) is 0 Å². The van der Waals surface area contributed by atoms with Gasteiger partial charge in [-0.25, -0.2) is 9.57 Å². The first kappa shape index (κ1) is 9.07. The van der Waals surface area contributed by atoms with Crippen molar-refractivity contribution >= 4 is 8.69 Å². The molecule has 0 aromatic rings. The molecule has 0 saturated carbocycles. The fourth-order valence-corrected chi connectivity index (χ4v) is 1.55. The monoisotopic (exact) mass is 176 g/mol. The number of fused-ring (bicyclic) bond motifs is 3. The lowest BCUT2D eigenvalue weighted by atomic mass is 9.96. The average molecular weight is 176 g/mol. The first-order valence-electron chi connectivity index (χ1n) is 3.82. The Bertz CT molecular complexity index is 103. The molecule has 5 heteroatoms. The van der Waals surface area contributed by atoms with Crippen LogP contribution in [0.15, 0.2) is 0 Å². The van der Waals surface area contributed by atoms with E-state index in [0.717, 1.165) is 5.92 Å². The number of hydrogen-bond donors (Lipinski definition) is 2. The molecule has 3 saturated heterocycles. The Morgan fingerprint density at radius 3 is 2.09 bits per heavy atom. The number of hydrogen-bond acceptors (Lipinski definition) is 3. The predicted octanol–water partition coefficient (Wildman–Crippen LogP) is 0.402. The number of rotatable bonds is 0. The van der Waals surface area contributed by atoms with Gasteiger partial charge in [0.1, 0.15) is 0 Å². The van der Waals surface area contributed by atoms with Gasteiger partial charge in [-0.15, -0.1) is 0 Å². The molecule has 11 heavy (non-hydrogen) atoms. The van der Waals surface area contributed by atoms with Crippen molar-refractivity contribution in [3.8, 4) is 0 Å². The highest BCUT2D eigenvalue weighted by atomic mass is 31.1. The summed E-state index contributed by atoms with van der Waals surface area (Å²) in [5, 5.41) is 2.33. The molecular formula is C6H13N2O2P. The molecule has 3 aliphatic rings. The predicted molar refractivity (Wildman–Crippen MR) is 42.1 cm³/mol. The van der Waals surface area contributed by atoms with Crippen LogP contribution in [0.4, 0.5) is 0 Å². The fraction of sp³-hybridized carbons (Fsp3) is 1.00. The smallest absolute Gasteiger partial charge is 0.310 e. The van der Waals surface area contributed by atoms with E-state index in [1.165, 1.54) is 32.5 Å². The van der Waals surface area contributed by atoms with Crippen LogP contribution in [-0.4, -0.2) is 29.5 Å². The van der Waals surface area contributed by atoms with E-state index in [9.17, 15) is 0 Å². The van der Waals surface area contributed by atoms with Crippen molar-refractivity contribution in [2.75, 3.05) is 19.6 Å². The molecule has 0 aliphatic carbocycles. The molecule has 3 heterocycles. The van der Waals surface area contributed by atoms with Crippen LogP contribution in [-0.2, 0) is 4.57 Å². The third-order valence-electron chi connectivity index (χ3n) is 2.22. The second-order valence-electron chi connectivity index (χ2n) is 2.87. The molecule has 2 bridgehead atoms. The summed E-state index contributed by atoms with van der Waals surface area (Å²) in [5.41, 5.74) is 3.35. The van der Waals surface area contributed by atoms with Gasteiger partial charge in [0.05, 0.1) is 0 Å². The zero-order chi connectivity index (χ0) is 8.10. The molecule has 3 rings (SSSR count). The highest BCUT2D eigenvalue weighted by Crippen LogP contribution is 2.19. The van der Waals surface area contributed by atoms with Crippen LogP contribution in [0.3, 0.4) is 0 Å². The Morgan fingerprint density at radius 1 is 1.45 bits per heavy atom. The van der Waals surface area contributed by atoms with Gasteiger partial charge in [-0.3, -0.25) is 5.43 Å². The van der Waals surface area contributed by atoms with Crippen LogP contribution >= 0.6 is 8.69 Å². The quantitative estimate of drug-likeness (QED) is 0.524. The van der Waals surface area contributed by atoms with Crippen molar-refractivity contribution in [2.24, 2.45) is 5.92 Å². The maximum Gasteiger partial charge on any atom is 0.324 e. The van der Waals surface area contributed by atoms with E-state index in [-0.39, 0.29) is 0 Å². The first-order valence-corrected chi connectivity index (χ1v) is 4.58. The molecular weight excluding hydrogens is 163 g/mol. The largest absolute Gasteiger partial charge is 0.324 e. The first-order chi connectivity index (χ1) is 5.36. The van der Waals surface area contributed by atoms with Gasteiger partial charge in [0, 0.05) is 19.6 Å². The van der Waals surface area contributed by atoms with Crippen LogP contribution < -0.4 is 5.43 Å². The molecule has 2 N–H and O–H groups in total.